The highest BCUT2D eigenvalue weighted by molar-refractivity contribution is 7.89. The first-order valence-electron chi connectivity index (χ1n) is 10.4. The fourth-order valence-corrected chi connectivity index (χ4v) is 5.95. The molecule has 1 aliphatic carbocycles. The van der Waals surface area contributed by atoms with E-state index in [2.05, 4.69) is 5.32 Å². The van der Waals surface area contributed by atoms with Crippen molar-refractivity contribution >= 4 is 26.7 Å². The number of nitrogens with one attached hydrogen (secondary N) is 1. The molecule has 1 saturated heterocycles. The molecule has 0 aromatic heterocycles. The summed E-state index contributed by atoms with van der Waals surface area (Å²) in [5.74, 6) is -0.393. The lowest BCUT2D eigenvalue weighted by Crippen LogP contribution is -2.48. The topological polar surface area (TPSA) is 86.7 Å². The van der Waals surface area contributed by atoms with Crippen molar-refractivity contribution in [3.05, 3.63) is 42.5 Å². The molecule has 156 valence electrons. The van der Waals surface area contributed by atoms with Crippen LogP contribution in [0.3, 0.4) is 0 Å². The summed E-state index contributed by atoms with van der Waals surface area (Å²) < 4.78 is 27.8. The van der Waals surface area contributed by atoms with Gasteiger partial charge < -0.3 is 10.4 Å². The van der Waals surface area contributed by atoms with Gasteiger partial charge in [0.15, 0.2) is 0 Å². The molecule has 2 aromatic rings. The highest BCUT2D eigenvalue weighted by atomic mass is 32.2. The number of carbonyl (C=O) groups excluding carboxylic acids is 1. The van der Waals surface area contributed by atoms with Crippen molar-refractivity contribution in [3.63, 3.8) is 0 Å². The summed E-state index contributed by atoms with van der Waals surface area (Å²) in [5, 5.41) is 14.6. The molecule has 2 N–H and O–H groups in total. The standard InChI is InChI=1S/C22H28N2O4S/c25-20-10-8-19(9-11-20)23-22(26)18-6-3-13-24(15-18)29(27,28)21-12-7-16-4-1-2-5-17(16)14-21/h1-2,4-5,7,12,14,18-20,25H,3,6,8-11,13,15H2,(H,23,26)/t18-,19?,20?/m0/s1. The Kier molecular flexibility index (Phi) is 5.90. The van der Waals surface area contributed by atoms with E-state index < -0.39 is 10.0 Å². The molecular formula is C22H28N2O4S. The highest BCUT2D eigenvalue weighted by Crippen LogP contribution is 2.27. The second-order valence-electron chi connectivity index (χ2n) is 8.23. The maximum atomic E-state index is 13.2. The first-order valence-corrected chi connectivity index (χ1v) is 11.8. The number of aliphatic hydroxyl groups excluding tert-OH is 1. The monoisotopic (exact) mass is 416 g/mol. The van der Waals surface area contributed by atoms with Crippen molar-refractivity contribution in [1.82, 2.24) is 9.62 Å². The molecule has 0 unspecified atom stereocenters. The number of piperidine rings is 1. The Morgan fingerprint density at radius 3 is 2.48 bits per heavy atom. The van der Waals surface area contributed by atoms with E-state index >= 15 is 0 Å². The number of aliphatic hydroxyl groups is 1. The van der Waals surface area contributed by atoms with Gasteiger partial charge in [0.2, 0.25) is 15.9 Å². The number of benzene rings is 2. The van der Waals surface area contributed by atoms with E-state index in [0.717, 1.165) is 23.6 Å². The van der Waals surface area contributed by atoms with Crippen LogP contribution >= 0.6 is 0 Å². The molecule has 1 atom stereocenters. The zero-order valence-corrected chi connectivity index (χ0v) is 17.3. The molecule has 6 nitrogen and oxygen atoms in total. The van der Waals surface area contributed by atoms with Gasteiger partial charge in [-0.3, -0.25) is 4.79 Å². The molecule has 2 aliphatic rings. The Labute approximate surface area is 172 Å². The molecule has 7 heteroatoms. The third-order valence-corrected chi connectivity index (χ3v) is 8.02. The number of amides is 1. The number of fused-ring (bicyclic) bond motifs is 1. The Balaban J connectivity index is 1.45. The Morgan fingerprint density at radius 1 is 1.00 bits per heavy atom. The summed E-state index contributed by atoms with van der Waals surface area (Å²) in [5.41, 5.74) is 0. The summed E-state index contributed by atoms with van der Waals surface area (Å²) in [6, 6.07) is 12.9. The summed E-state index contributed by atoms with van der Waals surface area (Å²) in [7, 11) is -3.64. The van der Waals surface area contributed by atoms with Gasteiger partial charge in [-0.1, -0.05) is 30.3 Å². The molecule has 1 saturated carbocycles. The van der Waals surface area contributed by atoms with E-state index in [1.807, 2.05) is 30.3 Å². The number of hydrogen-bond acceptors (Lipinski definition) is 4. The lowest BCUT2D eigenvalue weighted by atomic mass is 9.92. The Morgan fingerprint density at radius 2 is 1.72 bits per heavy atom. The normalized spacial score (nSPS) is 26.3. The lowest BCUT2D eigenvalue weighted by molar-refractivity contribution is -0.127. The van der Waals surface area contributed by atoms with Crippen LogP contribution < -0.4 is 5.32 Å². The molecular weight excluding hydrogens is 388 g/mol. The van der Waals surface area contributed by atoms with E-state index in [-0.39, 0.29) is 35.4 Å². The molecule has 2 aromatic carbocycles. The number of rotatable bonds is 4. The van der Waals surface area contributed by atoms with Crippen molar-refractivity contribution in [2.24, 2.45) is 5.92 Å². The minimum absolute atomic E-state index is 0.0650. The Bertz CT molecular complexity index is 983. The van der Waals surface area contributed by atoms with Gasteiger partial charge in [-0.15, -0.1) is 0 Å². The van der Waals surface area contributed by atoms with Crippen molar-refractivity contribution in [2.45, 2.75) is 55.6 Å². The fourth-order valence-electron chi connectivity index (χ4n) is 4.39. The summed E-state index contributed by atoms with van der Waals surface area (Å²) in [6.45, 7) is 0.658. The molecule has 2 fully saturated rings. The molecule has 0 bridgehead atoms. The molecule has 1 aliphatic heterocycles. The molecule has 1 heterocycles. The molecule has 4 rings (SSSR count). The minimum Gasteiger partial charge on any atom is -0.393 e. The number of carbonyl (C=O) groups is 1. The average Bonchev–Trinajstić information content (AvgIpc) is 2.75. The fraction of sp³-hybridized carbons (Fsp3) is 0.500. The van der Waals surface area contributed by atoms with Crippen LogP contribution in [0.2, 0.25) is 0 Å². The Hall–Kier alpha value is -1.96. The van der Waals surface area contributed by atoms with Crippen LogP contribution in [0, 0.1) is 5.92 Å². The van der Waals surface area contributed by atoms with Gasteiger partial charge in [0.25, 0.3) is 0 Å². The predicted molar refractivity (Wildman–Crippen MR) is 112 cm³/mol. The molecule has 0 radical (unpaired) electrons. The molecule has 29 heavy (non-hydrogen) atoms. The van der Waals surface area contributed by atoms with Crippen molar-refractivity contribution in [2.75, 3.05) is 13.1 Å². The van der Waals surface area contributed by atoms with Crippen LogP contribution in [-0.2, 0) is 14.8 Å². The lowest BCUT2D eigenvalue weighted by Gasteiger charge is -2.33. The van der Waals surface area contributed by atoms with Crippen LogP contribution in [0.4, 0.5) is 0 Å². The average molecular weight is 417 g/mol. The predicted octanol–water partition coefficient (Wildman–Crippen LogP) is 2.66. The smallest absolute Gasteiger partial charge is 0.243 e. The van der Waals surface area contributed by atoms with E-state index in [1.165, 1.54) is 4.31 Å². The van der Waals surface area contributed by atoms with Gasteiger partial charge in [0.05, 0.1) is 16.9 Å². The molecule has 1 amide bonds. The van der Waals surface area contributed by atoms with E-state index in [4.69, 9.17) is 0 Å². The van der Waals surface area contributed by atoms with E-state index in [9.17, 15) is 18.3 Å². The highest BCUT2D eigenvalue weighted by Gasteiger charge is 2.34. The van der Waals surface area contributed by atoms with Crippen molar-refractivity contribution in [3.8, 4) is 0 Å². The van der Waals surface area contributed by atoms with Crippen LogP contribution in [0.5, 0.6) is 0 Å². The van der Waals surface area contributed by atoms with Crippen LogP contribution in [-0.4, -0.2) is 49.0 Å². The quantitative estimate of drug-likeness (QED) is 0.802. The van der Waals surface area contributed by atoms with Gasteiger partial charge in [-0.2, -0.15) is 4.31 Å². The van der Waals surface area contributed by atoms with Crippen LogP contribution in [0.1, 0.15) is 38.5 Å². The van der Waals surface area contributed by atoms with Gasteiger partial charge in [-0.05, 0) is 61.4 Å². The van der Waals surface area contributed by atoms with Crippen molar-refractivity contribution < 1.29 is 18.3 Å². The second-order valence-corrected chi connectivity index (χ2v) is 10.2. The number of hydrogen-bond donors (Lipinski definition) is 2. The van der Waals surface area contributed by atoms with Crippen LogP contribution in [0.15, 0.2) is 47.4 Å². The first-order chi connectivity index (χ1) is 13.9. The zero-order valence-electron chi connectivity index (χ0n) is 16.5. The van der Waals surface area contributed by atoms with Gasteiger partial charge in [0.1, 0.15) is 0 Å². The maximum Gasteiger partial charge on any atom is 0.243 e. The second kappa shape index (κ2) is 8.42. The first kappa shape index (κ1) is 20.3. The van der Waals surface area contributed by atoms with E-state index in [0.29, 0.717) is 32.2 Å². The van der Waals surface area contributed by atoms with Gasteiger partial charge in [-0.25, -0.2) is 8.42 Å². The summed E-state index contributed by atoms with van der Waals surface area (Å²) >= 11 is 0. The third-order valence-electron chi connectivity index (χ3n) is 6.16. The largest absolute Gasteiger partial charge is 0.393 e. The molecule has 0 spiro atoms. The third kappa shape index (κ3) is 4.47. The number of nitrogens with zero attached hydrogens (tertiary/aromatic N) is 1. The minimum atomic E-state index is -3.64. The van der Waals surface area contributed by atoms with Gasteiger partial charge in [0, 0.05) is 19.1 Å². The summed E-state index contributed by atoms with van der Waals surface area (Å²) in [6.07, 6.45) is 4.08. The van der Waals surface area contributed by atoms with Gasteiger partial charge >= 0.3 is 0 Å². The maximum absolute atomic E-state index is 13.2. The zero-order chi connectivity index (χ0) is 20.4. The summed E-state index contributed by atoms with van der Waals surface area (Å²) in [4.78, 5) is 13.0. The van der Waals surface area contributed by atoms with Crippen LogP contribution in [0.25, 0.3) is 10.8 Å². The van der Waals surface area contributed by atoms with Crippen molar-refractivity contribution in [1.29, 1.82) is 0 Å². The number of sulfonamides is 1. The van der Waals surface area contributed by atoms with E-state index in [1.54, 1.807) is 12.1 Å². The SMILES string of the molecule is O=C(NC1CCC(O)CC1)[C@H]1CCCN(S(=O)(=O)c2ccc3ccccc3c2)C1.